The first kappa shape index (κ1) is 47.8. The van der Waals surface area contributed by atoms with Crippen molar-refractivity contribution in [2.75, 3.05) is 52.5 Å². The monoisotopic (exact) mass is 727 g/mol. The molecule has 300 valence electrons. The molecule has 0 saturated carbocycles. The van der Waals surface area contributed by atoms with E-state index in [2.05, 4.69) is 72.3 Å². The van der Waals surface area contributed by atoms with Crippen LogP contribution in [0.1, 0.15) is 181 Å². The van der Waals surface area contributed by atoms with Crippen molar-refractivity contribution in [2.45, 2.75) is 181 Å². The second kappa shape index (κ2) is 38.5. The zero-order valence-corrected chi connectivity index (χ0v) is 34.2. The van der Waals surface area contributed by atoms with Gasteiger partial charge in [-0.25, -0.2) is 0 Å². The molecule has 0 atom stereocenters. The number of carbonyl (C=O) groups excluding carboxylic acids is 2. The summed E-state index contributed by atoms with van der Waals surface area (Å²) >= 11 is 0. The van der Waals surface area contributed by atoms with Gasteiger partial charge in [-0.1, -0.05) is 140 Å². The summed E-state index contributed by atoms with van der Waals surface area (Å²) in [5.74, 6) is -0.251. The molecule has 1 fully saturated rings. The predicted molar refractivity (Wildman–Crippen MR) is 223 cm³/mol. The molecule has 1 rings (SSSR count). The molecule has 0 spiro atoms. The summed E-state index contributed by atoms with van der Waals surface area (Å²) in [7, 11) is 0. The predicted octanol–water partition coefficient (Wildman–Crippen LogP) is 12.1. The molecule has 6 heteroatoms. The molecular weight excluding hydrogens is 645 g/mol. The lowest BCUT2D eigenvalue weighted by Gasteiger charge is -2.21. The van der Waals surface area contributed by atoms with E-state index in [0.717, 1.165) is 64.7 Å². The smallest absolute Gasteiger partial charge is 0.307 e. The van der Waals surface area contributed by atoms with Gasteiger partial charge in [-0.05, 0) is 77.0 Å². The third kappa shape index (κ3) is 36.2. The highest BCUT2D eigenvalue weighted by Gasteiger charge is 2.19. The Hall–Kier alpha value is -2.18. The third-order valence-electron chi connectivity index (χ3n) is 9.75. The van der Waals surface area contributed by atoms with Gasteiger partial charge in [0.15, 0.2) is 0 Å². The molecule has 0 N–H and O–H groups in total. The highest BCUT2D eigenvalue weighted by Crippen LogP contribution is 2.11. The molecule has 0 unspecified atom stereocenters. The van der Waals surface area contributed by atoms with Crippen LogP contribution in [0.3, 0.4) is 0 Å². The summed E-state index contributed by atoms with van der Waals surface area (Å²) in [6.45, 7) is 11.0. The topological polar surface area (TPSA) is 58.9 Å². The normalized spacial score (nSPS) is 13.5. The molecule has 0 radical (unpaired) electrons. The molecule has 0 aliphatic carbocycles. The summed E-state index contributed by atoms with van der Waals surface area (Å²) in [5.41, 5.74) is 0. The molecule has 52 heavy (non-hydrogen) atoms. The van der Waals surface area contributed by atoms with Crippen LogP contribution >= 0.6 is 0 Å². The first-order chi connectivity index (χ1) is 25.7. The maximum Gasteiger partial charge on any atom is 0.307 e. The average molecular weight is 727 g/mol. The Morgan fingerprint density at radius 2 is 0.846 bits per heavy atom. The molecular formula is C46H82N2O4. The van der Waals surface area contributed by atoms with Gasteiger partial charge in [0, 0.05) is 39.3 Å². The minimum atomic E-state index is -0.126. The second-order valence-corrected chi connectivity index (χ2v) is 14.8. The van der Waals surface area contributed by atoms with Crippen LogP contribution in [-0.2, 0) is 19.1 Å². The van der Waals surface area contributed by atoms with Gasteiger partial charge in [0.2, 0.25) is 0 Å². The number of hydrogen-bond acceptors (Lipinski definition) is 6. The van der Waals surface area contributed by atoms with Crippen LogP contribution in [0.4, 0.5) is 0 Å². The Bertz CT molecular complexity index is 857. The summed E-state index contributed by atoms with van der Waals surface area (Å²) < 4.78 is 11.1. The standard InChI is InChI=1S/C46H82N2O4/c1-3-5-7-9-11-13-15-17-19-21-23-25-27-29-31-33-43-51-45(49)35-37-47(39-40-48-41-42-48)38-36-46(50)52-44-34-32-30-28-26-24-22-20-18-16-14-12-10-8-6-4-2/h11-14,17-20H,3-10,15-16,21-44H2,1-2H3/b13-11-,14-12-,19-17-,20-18-. The number of esters is 2. The van der Waals surface area contributed by atoms with Crippen molar-refractivity contribution >= 4 is 11.9 Å². The molecule has 0 amide bonds. The van der Waals surface area contributed by atoms with E-state index < -0.39 is 0 Å². The van der Waals surface area contributed by atoms with Crippen molar-refractivity contribution in [1.82, 2.24) is 9.80 Å². The van der Waals surface area contributed by atoms with Gasteiger partial charge >= 0.3 is 11.9 Å². The fourth-order valence-corrected chi connectivity index (χ4v) is 6.11. The van der Waals surface area contributed by atoms with E-state index in [1.807, 2.05) is 0 Å². The minimum Gasteiger partial charge on any atom is -0.466 e. The van der Waals surface area contributed by atoms with Crippen LogP contribution in [0, 0.1) is 0 Å². The maximum absolute atomic E-state index is 12.4. The van der Waals surface area contributed by atoms with E-state index in [0.29, 0.717) is 39.1 Å². The number of unbranched alkanes of at least 4 members (excludes halogenated alkanes) is 18. The van der Waals surface area contributed by atoms with E-state index in [-0.39, 0.29) is 11.9 Å². The van der Waals surface area contributed by atoms with E-state index in [1.54, 1.807) is 0 Å². The van der Waals surface area contributed by atoms with Crippen LogP contribution < -0.4 is 0 Å². The third-order valence-corrected chi connectivity index (χ3v) is 9.75. The van der Waals surface area contributed by atoms with E-state index in [1.165, 1.54) is 116 Å². The SMILES string of the molecule is CCCCC/C=C\C/C=C\CCCCCCCCOC(=O)CCN(CCC(=O)OCCCCCCCC/C=C\C/C=C\CCCCC)CCN1CC1. The van der Waals surface area contributed by atoms with Crippen molar-refractivity contribution in [3.63, 3.8) is 0 Å². The molecule has 0 aromatic heterocycles. The second-order valence-electron chi connectivity index (χ2n) is 14.8. The summed E-state index contributed by atoms with van der Waals surface area (Å²) in [5, 5.41) is 0. The van der Waals surface area contributed by atoms with Crippen molar-refractivity contribution in [3.05, 3.63) is 48.6 Å². The summed E-state index contributed by atoms with van der Waals surface area (Å²) in [4.78, 5) is 29.4. The maximum atomic E-state index is 12.4. The fourth-order valence-electron chi connectivity index (χ4n) is 6.11. The first-order valence-corrected chi connectivity index (χ1v) is 22.0. The highest BCUT2D eigenvalue weighted by atomic mass is 16.5. The Labute approximate surface area is 321 Å². The van der Waals surface area contributed by atoms with Crippen molar-refractivity contribution in [3.8, 4) is 0 Å². The van der Waals surface area contributed by atoms with Gasteiger partial charge < -0.3 is 14.4 Å². The van der Waals surface area contributed by atoms with Gasteiger partial charge in [-0.3, -0.25) is 14.5 Å². The zero-order chi connectivity index (χ0) is 37.4. The van der Waals surface area contributed by atoms with Gasteiger partial charge in [0.25, 0.3) is 0 Å². The molecule has 1 aliphatic heterocycles. The van der Waals surface area contributed by atoms with Gasteiger partial charge in [-0.2, -0.15) is 0 Å². The average Bonchev–Trinajstić information content (AvgIpc) is 3.98. The number of carbonyl (C=O) groups is 2. The molecule has 1 heterocycles. The van der Waals surface area contributed by atoms with Crippen LogP contribution in [0.15, 0.2) is 48.6 Å². The minimum absolute atomic E-state index is 0.126. The molecule has 6 nitrogen and oxygen atoms in total. The Morgan fingerprint density at radius 3 is 1.23 bits per heavy atom. The van der Waals surface area contributed by atoms with E-state index in [9.17, 15) is 9.59 Å². The van der Waals surface area contributed by atoms with Gasteiger partial charge in [0.1, 0.15) is 0 Å². The summed E-state index contributed by atoms with van der Waals surface area (Å²) in [6.07, 6.45) is 48.1. The van der Waals surface area contributed by atoms with Crippen molar-refractivity contribution < 1.29 is 19.1 Å². The van der Waals surface area contributed by atoms with Gasteiger partial charge in [0.05, 0.1) is 26.1 Å². The van der Waals surface area contributed by atoms with Crippen LogP contribution in [-0.4, -0.2) is 74.2 Å². The Morgan fingerprint density at radius 1 is 0.481 bits per heavy atom. The van der Waals surface area contributed by atoms with Crippen molar-refractivity contribution in [1.29, 1.82) is 0 Å². The molecule has 1 aliphatic rings. The quantitative estimate of drug-likeness (QED) is 0.0272. The summed E-state index contributed by atoms with van der Waals surface area (Å²) in [6, 6.07) is 0. The molecule has 0 aromatic carbocycles. The lowest BCUT2D eigenvalue weighted by atomic mass is 10.1. The molecule has 1 saturated heterocycles. The highest BCUT2D eigenvalue weighted by molar-refractivity contribution is 5.70. The number of allylic oxidation sites excluding steroid dienone is 8. The van der Waals surface area contributed by atoms with Crippen LogP contribution in [0.25, 0.3) is 0 Å². The van der Waals surface area contributed by atoms with Crippen LogP contribution in [0.2, 0.25) is 0 Å². The van der Waals surface area contributed by atoms with E-state index in [4.69, 9.17) is 9.47 Å². The van der Waals surface area contributed by atoms with Gasteiger partial charge in [-0.15, -0.1) is 0 Å². The number of rotatable bonds is 39. The Balaban J connectivity index is 1.99. The number of ether oxygens (including phenoxy) is 2. The number of hydrogen-bond donors (Lipinski definition) is 0. The molecule has 0 aromatic rings. The van der Waals surface area contributed by atoms with E-state index >= 15 is 0 Å². The zero-order valence-electron chi connectivity index (χ0n) is 34.2. The molecule has 0 bridgehead atoms. The number of nitrogens with zero attached hydrogens (tertiary/aromatic N) is 2. The fraction of sp³-hybridized carbons (Fsp3) is 0.783. The van der Waals surface area contributed by atoms with Crippen LogP contribution in [0.5, 0.6) is 0 Å². The lowest BCUT2D eigenvalue weighted by molar-refractivity contribution is -0.144. The Kier molecular flexibility index (Phi) is 35.5. The first-order valence-electron chi connectivity index (χ1n) is 22.0. The largest absolute Gasteiger partial charge is 0.466 e. The van der Waals surface area contributed by atoms with Crippen molar-refractivity contribution in [2.24, 2.45) is 0 Å². The lowest BCUT2D eigenvalue weighted by Crippen LogP contribution is -2.33.